The Labute approximate surface area is 177 Å². The second kappa shape index (κ2) is 8.95. The maximum Gasteiger partial charge on any atom is 0.230 e. The summed E-state index contributed by atoms with van der Waals surface area (Å²) in [5, 5.41) is 12.1. The number of thioether (sulfide) groups is 1. The third kappa shape index (κ3) is 4.87. The van der Waals surface area contributed by atoms with Gasteiger partial charge in [0.15, 0.2) is 5.16 Å². The van der Waals surface area contributed by atoms with Gasteiger partial charge in [0, 0.05) is 17.5 Å². The van der Waals surface area contributed by atoms with Crippen LogP contribution in [0.4, 0.5) is 8.78 Å². The summed E-state index contributed by atoms with van der Waals surface area (Å²) in [6.45, 7) is 2.32. The van der Waals surface area contributed by atoms with E-state index in [1.54, 1.807) is 6.92 Å². The Morgan fingerprint density at radius 1 is 1.20 bits per heavy atom. The first kappa shape index (κ1) is 20.5. The van der Waals surface area contributed by atoms with E-state index in [1.165, 1.54) is 23.9 Å². The first-order chi connectivity index (χ1) is 14.5. The van der Waals surface area contributed by atoms with Crippen molar-refractivity contribution in [3.63, 3.8) is 0 Å². The van der Waals surface area contributed by atoms with Crippen LogP contribution in [0.1, 0.15) is 48.7 Å². The van der Waals surface area contributed by atoms with E-state index in [2.05, 4.69) is 32.2 Å². The molecule has 5 nitrogen and oxygen atoms in total. The summed E-state index contributed by atoms with van der Waals surface area (Å²) in [5.74, 6) is -0.0420. The van der Waals surface area contributed by atoms with Gasteiger partial charge in [-0.3, -0.25) is 4.79 Å². The van der Waals surface area contributed by atoms with Crippen molar-refractivity contribution in [2.75, 3.05) is 5.75 Å². The molecular weight excluding hydrogens is 406 g/mol. The average Bonchev–Trinajstić information content (AvgIpc) is 3.49. The number of hydrogen-bond donors (Lipinski definition) is 1. The minimum Gasteiger partial charge on any atom is -0.349 e. The monoisotopic (exact) mass is 428 g/mol. The van der Waals surface area contributed by atoms with E-state index in [0.717, 1.165) is 30.3 Å². The van der Waals surface area contributed by atoms with Gasteiger partial charge in [0.25, 0.3) is 0 Å². The molecule has 3 aromatic rings. The van der Waals surface area contributed by atoms with Crippen LogP contribution in [-0.4, -0.2) is 26.4 Å². The lowest BCUT2D eigenvalue weighted by Crippen LogP contribution is -2.29. The fourth-order valence-corrected chi connectivity index (χ4v) is 4.06. The smallest absolute Gasteiger partial charge is 0.230 e. The molecule has 1 amide bonds. The number of carbonyl (C=O) groups excluding carboxylic acids is 1. The van der Waals surface area contributed by atoms with Crippen molar-refractivity contribution >= 4 is 17.7 Å². The molecule has 1 aliphatic rings. The summed E-state index contributed by atoms with van der Waals surface area (Å²) < 4.78 is 29.1. The lowest BCUT2D eigenvalue weighted by Gasteiger charge is -2.15. The zero-order valence-electron chi connectivity index (χ0n) is 16.5. The van der Waals surface area contributed by atoms with E-state index >= 15 is 0 Å². The summed E-state index contributed by atoms with van der Waals surface area (Å²) in [5.41, 5.74) is 1.39. The van der Waals surface area contributed by atoms with Crippen molar-refractivity contribution in [2.24, 2.45) is 0 Å². The molecular formula is C22H22F2N4OS. The molecule has 4 rings (SSSR count). The van der Waals surface area contributed by atoms with Crippen molar-refractivity contribution in [2.45, 2.75) is 43.4 Å². The van der Waals surface area contributed by atoms with Gasteiger partial charge in [0.2, 0.25) is 5.91 Å². The van der Waals surface area contributed by atoms with E-state index in [-0.39, 0.29) is 17.2 Å². The van der Waals surface area contributed by atoms with Gasteiger partial charge >= 0.3 is 0 Å². The van der Waals surface area contributed by atoms with Crippen molar-refractivity contribution in [1.29, 1.82) is 0 Å². The van der Waals surface area contributed by atoms with Gasteiger partial charge in [0.1, 0.15) is 17.5 Å². The molecule has 0 aliphatic heterocycles. The highest BCUT2D eigenvalue weighted by Gasteiger charge is 2.30. The summed E-state index contributed by atoms with van der Waals surface area (Å²) in [6.07, 6.45) is 2.22. The first-order valence-corrected chi connectivity index (χ1v) is 10.8. The van der Waals surface area contributed by atoms with Gasteiger partial charge in [-0.15, -0.1) is 10.2 Å². The van der Waals surface area contributed by atoms with Gasteiger partial charge in [-0.1, -0.05) is 48.2 Å². The third-order valence-electron chi connectivity index (χ3n) is 5.01. The Morgan fingerprint density at radius 2 is 1.97 bits per heavy atom. The Morgan fingerprint density at radius 3 is 2.67 bits per heavy atom. The molecule has 30 heavy (non-hydrogen) atoms. The fourth-order valence-electron chi connectivity index (χ4n) is 3.31. The van der Waals surface area contributed by atoms with E-state index < -0.39 is 17.7 Å². The van der Waals surface area contributed by atoms with Gasteiger partial charge < -0.3 is 9.88 Å². The number of benzene rings is 2. The number of nitrogens with one attached hydrogen (secondary N) is 1. The van der Waals surface area contributed by atoms with Crippen LogP contribution in [0.3, 0.4) is 0 Å². The highest BCUT2D eigenvalue weighted by atomic mass is 32.2. The zero-order chi connectivity index (χ0) is 21.1. The molecule has 0 unspecified atom stereocenters. The molecule has 0 bridgehead atoms. The molecule has 1 fully saturated rings. The predicted molar refractivity (Wildman–Crippen MR) is 111 cm³/mol. The Hall–Kier alpha value is -2.74. The molecule has 0 spiro atoms. The van der Waals surface area contributed by atoms with Crippen LogP contribution in [0, 0.1) is 11.6 Å². The van der Waals surface area contributed by atoms with E-state index in [9.17, 15) is 13.6 Å². The summed E-state index contributed by atoms with van der Waals surface area (Å²) in [4.78, 5) is 12.4. The molecule has 156 valence electrons. The Balaban J connectivity index is 1.41. The SMILES string of the molecule is C[C@@H](NC(=O)CSc1nnc(C2CC2)n1Cc1ccccc1)c1ccc(F)cc1F. The van der Waals surface area contributed by atoms with Crippen LogP contribution >= 0.6 is 11.8 Å². The van der Waals surface area contributed by atoms with E-state index in [0.29, 0.717) is 17.6 Å². The van der Waals surface area contributed by atoms with Crippen molar-refractivity contribution in [1.82, 2.24) is 20.1 Å². The van der Waals surface area contributed by atoms with Crippen molar-refractivity contribution in [3.8, 4) is 0 Å². The average molecular weight is 429 g/mol. The number of amides is 1. The summed E-state index contributed by atoms with van der Waals surface area (Å²) in [7, 11) is 0. The molecule has 0 radical (unpaired) electrons. The minimum atomic E-state index is -0.674. The van der Waals surface area contributed by atoms with Crippen molar-refractivity contribution in [3.05, 3.63) is 77.1 Å². The number of carbonyl (C=O) groups is 1. The maximum absolute atomic E-state index is 13.9. The van der Waals surface area contributed by atoms with E-state index in [1.807, 2.05) is 18.2 Å². The summed E-state index contributed by atoms with van der Waals surface area (Å²) in [6, 6.07) is 12.8. The van der Waals surface area contributed by atoms with Crippen molar-refractivity contribution < 1.29 is 13.6 Å². The molecule has 0 saturated heterocycles. The van der Waals surface area contributed by atoms with Crippen LogP contribution in [-0.2, 0) is 11.3 Å². The second-order valence-corrected chi connectivity index (χ2v) is 8.37. The highest BCUT2D eigenvalue weighted by molar-refractivity contribution is 7.99. The zero-order valence-corrected chi connectivity index (χ0v) is 17.3. The van der Waals surface area contributed by atoms with Crippen LogP contribution in [0.5, 0.6) is 0 Å². The molecule has 1 atom stereocenters. The standard InChI is InChI=1S/C22H22F2N4OS/c1-14(18-10-9-17(23)11-19(18)24)25-20(29)13-30-22-27-26-21(16-7-8-16)28(22)12-15-5-3-2-4-6-15/h2-6,9-11,14,16H,7-8,12-13H2,1H3,(H,25,29)/t14-/m1/s1. The number of halogens is 2. The number of rotatable bonds is 8. The quantitative estimate of drug-likeness (QED) is 0.539. The van der Waals surface area contributed by atoms with Crippen LogP contribution in [0.25, 0.3) is 0 Å². The Bertz CT molecular complexity index is 1040. The first-order valence-electron chi connectivity index (χ1n) is 9.85. The van der Waals surface area contributed by atoms with Gasteiger partial charge in [-0.2, -0.15) is 0 Å². The van der Waals surface area contributed by atoms with E-state index in [4.69, 9.17) is 0 Å². The normalized spacial score (nSPS) is 14.5. The topological polar surface area (TPSA) is 59.8 Å². The largest absolute Gasteiger partial charge is 0.349 e. The molecule has 2 aromatic carbocycles. The molecule has 8 heteroatoms. The lowest BCUT2D eigenvalue weighted by atomic mass is 10.1. The summed E-state index contributed by atoms with van der Waals surface area (Å²) >= 11 is 1.31. The van der Waals surface area contributed by atoms with Gasteiger partial charge in [0.05, 0.1) is 18.3 Å². The number of nitrogens with zero attached hydrogens (tertiary/aromatic N) is 3. The molecule has 1 saturated carbocycles. The highest BCUT2D eigenvalue weighted by Crippen LogP contribution is 2.40. The molecule has 1 aliphatic carbocycles. The molecule has 1 N–H and O–H groups in total. The minimum absolute atomic E-state index is 0.130. The van der Waals surface area contributed by atoms with Crippen LogP contribution < -0.4 is 5.32 Å². The molecule has 1 aromatic heterocycles. The number of hydrogen-bond acceptors (Lipinski definition) is 4. The van der Waals surface area contributed by atoms with Gasteiger partial charge in [-0.25, -0.2) is 8.78 Å². The van der Waals surface area contributed by atoms with Gasteiger partial charge in [-0.05, 0) is 31.4 Å². The lowest BCUT2D eigenvalue weighted by molar-refractivity contribution is -0.119. The molecule has 1 heterocycles. The fraction of sp³-hybridized carbons (Fsp3) is 0.318. The third-order valence-corrected chi connectivity index (χ3v) is 5.98. The van der Waals surface area contributed by atoms with Crippen LogP contribution in [0.2, 0.25) is 0 Å². The predicted octanol–water partition coefficient (Wildman–Crippen LogP) is 4.45. The second-order valence-electron chi connectivity index (χ2n) is 7.43. The van der Waals surface area contributed by atoms with Crippen LogP contribution in [0.15, 0.2) is 53.7 Å². The maximum atomic E-state index is 13.9. The Kier molecular flexibility index (Phi) is 6.13. The number of aromatic nitrogens is 3.